The lowest BCUT2D eigenvalue weighted by atomic mass is 10.3. The van der Waals surface area contributed by atoms with E-state index in [-0.39, 0.29) is 0 Å². The third-order valence-electron chi connectivity index (χ3n) is 1.75. The summed E-state index contributed by atoms with van der Waals surface area (Å²) >= 11 is 1.64. The molecule has 0 bridgehead atoms. The molecule has 70 valence electrons. The van der Waals surface area contributed by atoms with E-state index in [0.29, 0.717) is 6.54 Å². The van der Waals surface area contributed by atoms with Crippen molar-refractivity contribution in [3.63, 3.8) is 0 Å². The van der Waals surface area contributed by atoms with E-state index in [1.165, 1.54) is 4.70 Å². The van der Waals surface area contributed by atoms with Gasteiger partial charge in [-0.25, -0.2) is 4.98 Å². The fourth-order valence-electron chi connectivity index (χ4n) is 1.13. The van der Waals surface area contributed by atoms with Crippen LogP contribution in [-0.4, -0.2) is 18.6 Å². The molecule has 0 atom stereocenters. The van der Waals surface area contributed by atoms with Gasteiger partial charge in [-0.1, -0.05) is 18.1 Å². The van der Waals surface area contributed by atoms with Crippen molar-refractivity contribution in [3.8, 4) is 11.8 Å². The van der Waals surface area contributed by atoms with E-state index in [9.17, 15) is 0 Å². The van der Waals surface area contributed by atoms with Crippen molar-refractivity contribution in [3.05, 3.63) is 29.3 Å². The Bertz CT molecular complexity index is 457. The van der Waals surface area contributed by atoms with Crippen LogP contribution in [0.15, 0.2) is 24.3 Å². The van der Waals surface area contributed by atoms with Gasteiger partial charge in [0.1, 0.15) is 0 Å². The van der Waals surface area contributed by atoms with Crippen LogP contribution >= 0.6 is 11.3 Å². The van der Waals surface area contributed by atoms with E-state index in [1.807, 2.05) is 25.2 Å². The summed E-state index contributed by atoms with van der Waals surface area (Å²) in [6.07, 6.45) is 0. The number of fused-ring (bicyclic) bond motifs is 1. The molecule has 0 aliphatic rings. The van der Waals surface area contributed by atoms with Gasteiger partial charge in [0, 0.05) is 0 Å². The highest BCUT2D eigenvalue weighted by molar-refractivity contribution is 7.19. The van der Waals surface area contributed by atoms with Gasteiger partial charge in [-0.3, -0.25) is 0 Å². The van der Waals surface area contributed by atoms with Gasteiger partial charge < -0.3 is 5.32 Å². The highest BCUT2D eigenvalue weighted by Crippen LogP contribution is 2.20. The van der Waals surface area contributed by atoms with Crippen molar-refractivity contribution in [1.29, 1.82) is 0 Å². The van der Waals surface area contributed by atoms with Crippen LogP contribution in [0, 0.1) is 11.8 Å². The Hall–Kier alpha value is -1.37. The number of aromatic nitrogens is 1. The Morgan fingerprint density at radius 1 is 1.43 bits per heavy atom. The first-order valence-corrected chi connectivity index (χ1v) is 5.21. The van der Waals surface area contributed by atoms with Crippen LogP contribution in [0.3, 0.4) is 0 Å². The molecule has 2 aromatic rings. The average Bonchev–Trinajstić information content (AvgIpc) is 2.60. The lowest BCUT2D eigenvalue weighted by Crippen LogP contribution is -2.04. The molecule has 1 aromatic carbocycles. The first kappa shape index (κ1) is 9.20. The SMILES string of the molecule is CNCC#Cc1nc2ccccc2s1. The quantitative estimate of drug-likeness (QED) is 0.714. The van der Waals surface area contributed by atoms with E-state index in [2.05, 4.69) is 28.2 Å². The maximum Gasteiger partial charge on any atom is 0.168 e. The van der Waals surface area contributed by atoms with Crippen molar-refractivity contribution in [2.24, 2.45) is 0 Å². The second-order valence-electron chi connectivity index (χ2n) is 2.82. The van der Waals surface area contributed by atoms with E-state index in [0.717, 1.165) is 10.5 Å². The van der Waals surface area contributed by atoms with E-state index >= 15 is 0 Å². The molecular formula is C11H10N2S. The Balaban J connectivity index is 2.33. The zero-order chi connectivity index (χ0) is 9.80. The molecule has 0 unspecified atom stereocenters. The largest absolute Gasteiger partial charge is 0.309 e. The summed E-state index contributed by atoms with van der Waals surface area (Å²) in [5, 5.41) is 3.87. The fraction of sp³-hybridized carbons (Fsp3) is 0.182. The summed E-state index contributed by atoms with van der Waals surface area (Å²) in [5.41, 5.74) is 1.03. The highest BCUT2D eigenvalue weighted by Gasteiger charge is 1.98. The Kier molecular flexibility index (Phi) is 2.78. The minimum Gasteiger partial charge on any atom is -0.309 e. The average molecular weight is 202 g/mol. The van der Waals surface area contributed by atoms with Crippen LogP contribution in [0.1, 0.15) is 5.01 Å². The number of hydrogen-bond acceptors (Lipinski definition) is 3. The molecule has 0 aliphatic carbocycles. The molecule has 0 spiro atoms. The first-order valence-electron chi connectivity index (χ1n) is 4.39. The molecule has 0 saturated heterocycles. The Morgan fingerprint density at radius 2 is 2.29 bits per heavy atom. The number of para-hydroxylation sites is 1. The summed E-state index contributed by atoms with van der Waals surface area (Å²) < 4.78 is 1.20. The molecule has 0 amide bonds. The normalized spacial score (nSPS) is 9.79. The van der Waals surface area contributed by atoms with E-state index in [4.69, 9.17) is 0 Å². The van der Waals surface area contributed by atoms with Gasteiger partial charge in [-0.15, -0.1) is 11.3 Å². The molecule has 14 heavy (non-hydrogen) atoms. The molecule has 3 heteroatoms. The minimum absolute atomic E-state index is 0.704. The molecule has 1 aromatic heterocycles. The number of rotatable bonds is 1. The van der Waals surface area contributed by atoms with Crippen LogP contribution in [0.2, 0.25) is 0 Å². The topological polar surface area (TPSA) is 24.9 Å². The van der Waals surface area contributed by atoms with Gasteiger partial charge in [-0.05, 0) is 25.1 Å². The molecule has 0 radical (unpaired) electrons. The smallest absolute Gasteiger partial charge is 0.168 e. The fourth-order valence-corrected chi connectivity index (χ4v) is 1.97. The van der Waals surface area contributed by atoms with Gasteiger partial charge in [-0.2, -0.15) is 0 Å². The zero-order valence-electron chi connectivity index (χ0n) is 7.87. The highest BCUT2D eigenvalue weighted by atomic mass is 32.1. The predicted molar refractivity (Wildman–Crippen MR) is 60.4 cm³/mol. The standard InChI is InChI=1S/C11H10N2S/c1-12-8-4-7-11-13-9-5-2-3-6-10(9)14-11/h2-3,5-6,12H,8H2,1H3. The van der Waals surface area contributed by atoms with Gasteiger partial charge in [0.25, 0.3) is 0 Å². The molecule has 1 N–H and O–H groups in total. The lowest BCUT2D eigenvalue weighted by molar-refractivity contribution is 0.938. The molecular weight excluding hydrogens is 192 g/mol. The van der Waals surface area contributed by atoms with Crippen molar-refractivity contribution < 1.29 is 0 Å². The third-order valence-corrected chi connectivity index (χ3v) is 2.71. The zero-order valence-corrected chi connectivity index (χ0v) is 8.69. The van der Waals surface area contributed by atoms with Gasteiger partial charge >= 0.3 is 0 Å². The van der Waals surface area contributed by atoms with Crippen LogP contribution in [0.25, 0.3) is 10.2 Å². The number of benzene rings is 1. The van der Waals surface area contributed by atoms with Crippen molar-refractivity contribution in [2.45, 2.75) is 0 Å². The van der Waals surface area contributed by atoms with Gasteiger partial charge in [0.15, 0.2) is 5.01 Å². The molecule has 1 heterocycles. The number of thiazole rings is 1. The number of hydrogen-bond donors (Lipinski definition) is 1. The monoisotopic (exact) mass is 202 g/mol. The van der Waals surface area contributed by atoms with Gasteiger partial charge in [0.05, 0.1) is 16.8 Å². The van der Waals surface area contributed by atoms with Crippen LogP contribution < -0.4 is 5.32 Å². The van der Waals surface area contributed by atoms with Gasteiger partial charge in [0.2, 0.25) is 0 Å². The summed E-state index contributed by atoms with van der Waals surface area (Å²) in [7, 11) is 1.88. The van der Waals surface area contributed by atoms with Crippen molar-refractivity contribution in [2.75, 3.05) is 13.6 Å². The molecule has 2 rings (SSSR count). The molecule has 0 fully saturated rings. The van der Waals surface area contributed by atoms with E-state index in [1.54, 1.807) is 11.3 Å². The molecule has 0 saturated carbocycles. The first-order chi connectivity index (χ1) is 6.90. The molecule has 0 aliphatic heterocycles. The van der Waals surface area contributed by atoms with Crippen LogP contribution in [0.5, 0.6) is 0 Å². The van der Waals surface area contributed by atoms with E-state index < -0.39 is 0 Å². The van der Waals surface area contributed by atoms with Crippen molar-refractivity contribution >= 4 is 21.6 Å². The summed E-state index contributed by atoms with van der Waals surface area (Å²) in [6.45, 7) is 0.704. The Morgan fingerprint density at radius 3 is 3.07 bits per heavy atom. The second-order valence-corrected chi connectivity index (χ2v) is 3.85. The number of nitrogens with one attached hydrogen (secondary N) is 1. The lowest BCUT2D eigenvalue weighted by Gasteiger charge is -1.80. The predicted octanol–water partition coefficient (Wildman–Crippen LogP) is 1.87. The second kappa shape index (κ2) is 4.23. The minimum atomic E-state index is 0.704. The molecule has 2 nitrogen and oxygen atoms in total. The summed E-state index contributed by atoms with van der Waals surface area (Å²) in [6, 6.07) is 8.09. The maximum absolute atomic E-state index is 4.40. The third kappa shape index (κ3) is 1.92. The Labute approximate surface area is 87.0 Å². The summed E-state index contributed by atoms with van der Waals surface area (Å²) in [4.78, 5) is 4.40. The number of nitrogens with zero attached hydrogens (tertiary/aromatic N) is 1. The summed E-state index contributed by atoms with van der Waals surface area (Å²) in [5.74, 6) is 6.03. The van der Waals surface area contributed by atoms with Crippen LogP contribution in [0.4, 0.5) is 0 Å². The van der Waals surface area contributed by atoms with Crippen molar-refractivity contribution in [1.82, 2.24) is 10.3 Å². The van der Waals surface area contributed by atoms with Crippen LogP contribution in [-0.2, 0) is 0 Å². The maximum atomic E-state index is 4.40.